The van der Waals surface area contributed by atoms with Crippen LogP contribution in [0, 0.1) is 5.92 Å². The molecule has 4 rings (SSSR count). The van der Waals surface area contributed by atoms with Gasteiger partial charge in [0.1, 0.15) is 10.5 Å². The lowest BCUT2D eigenvalue weighted by molar-refractivity contribution is -0.131. The lowest BCUT2D eigenvalue weighted by Crippen LogP contribution is -2.51. The third-order valence-corrected chi connectivity index (χ3v) is 6.81. The molecule has 166 valence electrons. The lowest BCUT2D eigenvalue weighted by atomic mass is 9.87. The highest BCUT2D eigenvalue weighted by Crippen LogP contribution is 2.26. The molecular formula is C22H29N5O3S. The molecule has 0 atom stereocenters. The molecule has 2 amide bonds. The average Bonchev–Trinajstić information content (AvgIpc) is 3.33. The summed E-state index contributed by atoms with van der Waals surface area (Å²) < 4.78 is 5.84. The van der Waals surface area contributed by atoms with Crippen LogP contribution in [0.2, 0.25) is 0 Å². The van der Waals surface area contributed by atoms with Crippen molar-refractivity contribution in [2.75, 3.05) is 32.8 Å². The summed E-state index contributed by atoms with van der Waals surface area (Å²) in [6, 6.07) is 3.46. The van der Waals surface area contributed by atoms with E-state index in [4.69, 9.17) is 4.74 Å². The van der Waals surface area contributed by atoms with Gasteiger partial charge >= 0.3 is 0 Å². The zero-order valence-electron chi connectivity index (χ0n) is 17.7. The molecular weight excluding hydrogens is 414 g/mol. The van der Waals surface area contributed by atoms with Gasteiger partial charge in [0.15, 0.2) is 0 Å². The van der Waals surface area contributed by atoms with Crippen LogP contribution in [0.3, 0.4) is 0 Å². The van der Waals surface area contributed by atoms with E-state index in [1.165, 1.54) is 43.4 Å². The molecule has 1 saturated carbocycles. The molecule has 8 nitrogen and oxygen atoms in total. The first kappa shape index (κ1) is 21.7. The van der Waals surface area contributed by atoms with Gasteiger partial charge < -0.3 is 14.5 Å². The number of nitrogens with zero attached hydrogens (tertiary/aromatic N) is 5. The maximum absolute atomic E-state index is 12.9. The summed E-state index contributed by atoms with van der Waals surface area (Å²) in [4.78, 5) is 33.2. The second-order valence-corrected chi connectivity index (χ2v) is 9.12. The van der Waals surface area contributed by atoms with Gasteiger partial charge in [0.05, 0.1) is 13.0 Å². The summed E-state index contributed by atoms with van der Waals surface area (Å²) in [5, 5.41) is 8.42. The van der Waals surface area contributed by atoms with E-state index in [9.17, 15) is 9.59 Å². The van der Waals surface area contributed by atoms with Gasteiger partial charge in [0.2, 0.25) is 11.8 Å². The van der Waals surface area contributed by atoms with Crippen LogP contribution in [0.4, 0.5) is 0 Å². The van der Waals surface area contributed by atoms with E-state index >= 15 is 0 Å². The number of carbonyl (C=O) groups is 2. The van der Waals surface area contributed by atoms with E-state index in [0.717, 1.165) is 17.3 Å². The van der Waals surface area contributed by atoms with Crippen LogP contribution >= 0.6 is 11.3 Å². The van der Waals surface area contributed by atoms with Gasteiger partial charge in [-0.15, -0.1) is 21.5 Å². The van der Waals surface area contributed by atoms with Crippen LogP contribution < -0.4 is 4.74 Å². The molecule has 2 aromatic rings. The standard InChI is InChI=1S/C22H29N5O3S/c28-21(15-20-25-24-16-31-20)26-9-11-27(12-10-26)22(29)18-6-8-23-19(14-18)30-13-7-17-4-2-1-3-5-17/h6,8,14,16-17H,1-5,7,9-13,15H2. The van der Waals surface area contributed by atoms with Crippen molar-refractivity contribution in [2.24, 2.45) is 5.92 Å². The fourth-order valence-corrected chi connectivity index (χ4v) is 4.80. The highest BCUT2D eigenvalue weighted by atomic mass is 32.1. The third-order valence-electron chi connectivity index (χ3n) is 6.11. The van der Waals surface area contributed by atoms with Crippen molar-refractivity contribution in [1.82, 2.24) is 25.0 Å². The minimum absolute atomic E-state index is 0.0291. The molecule has 0 bridgehead atoms. The van der Waals surface area contributed by atoms with Crippen molar-refractivity contribution in [1.29, 1.82) is 0 Å². The van der Waals surface area contributed by atoms with Crippen LogP contribution in [0.15, 0.2) is 23.8 Å². The Morgan fingerprint density at radius 1 is 1.10 bits per heavy atom. The van der Waals surface area contributed by atoms with E-state index in [1.54, 1.807) is 33.6 Å². The monoisotopic (exact) mass is 443 g/mol. The molecule has 9 heteroatoms. The van der Waals surface area contributed by atoms with Gasteiger partial charge in [-0.05, 0) is 18.4 Å². The van der Waals surface area contributed by atoms with Gasteiger partial charge in [-0.2, -0.15) is 0 Å². The third kappa shape index (κ3) is 6.00. The number of aromatic nitrogens is 3. The Morgan fingerprint density at radius 2 is 1.87 bits per heavy atom. The zero-order chi connectivity index (χ0) is 21.5. The minimum Gasteiger partial charge on any atom is -0.478 e. The van der Waals surface area contributed by atoms with Gasteiger partial charge in [-0.1, -0.05) is 32.1 Å². The molecule has 1 saturated heterocycles. The number of amides is 2. The second kappa shape index (κ2) is 10.7. The Bertz CT molecular complexity index is 862. The van der Waals surface area contributed by atoms with E-state index in [-0.39, 0.29) is 18.2 Å². The molecule has 31 heavy (non-hydrogen) atoms. The Morgan fingerprint density at radius 3 is 2.61 bits per heavy atom. The molecule has 0 N–H and O–H groups in total. The van der Waals surface area contributed by atoms with E-state index < -0.39 is 0 Å². The molecule has 2 aromatic heterocycles. The smallest absolute Gasteiger partial charge is 0.254 e. The molecule has 0 radical (unpaired) electrons. The molecule has 2 aliphatic rings. The number of pyridine rings is 1. The fourth-order valence-electron chi connectivity index (χ4n) is 4.28. The normalized spacial score (nSPS) is 17.5. The van der Waals surface area contributed by atoms with Crippen molar-refractivity contribution in [3.8, 4) is 5.88 Å². The SMILES string of the molecule is O=C(Cc1nncs1)N1CCN(C(=O)c2ccnc(OCCC3CCCCC3)c2)CC1. The number of carbonyl (C=O) groups excluding carboxylic acids is 2. The van der Waals surface area contributed by atoms with Gasteiger partial charge in [0, 0.05) is 44.0 Å². The molecule has 0 spiro atoms. The topological polar surface area (TPSA) is 88.5 Å². The highest BCUT2D eigenvalue weighted by Gasteiger charge is 2.25. The molecule has 0 unspecified atom stereocenters. The molecule has 2 fully saturated rings. The van der Waals surface area contributed by atoms with Crippen molar-refractivity contribution >= 4 is 23.2 Å². The van der Waals surface area contributed by atoms with Gasteiger partial charge in [-0.3, -0.25) is 9.59 Å². The predicted molar refractivity (Wildman–Crippen MR) is 117 cm³/mol. The Labute approximate surface area is 186 Å². The number of piperazine rings is 1. The Balaban J connectivity index is 1.24. The number of ether oxygens (including phenoxy) is 1. The molecule has 1 aliphatic carbocycles. The molecule has 3 heterocycles. The first-order valence-electron chi connectivity index (χ1n) is 11.1. The molecule has 1 aliphatic heterocycles. The first-order chi connectivity index (χ1) is 15.2. The van der Waals surface area contributed by atoms with Gasteiger partial charge in [-0.25, -0.2) is 4.98 Å². The minimum atomic E-state index is -0.0456. The van der Waals surface area contributed by atoms with Crippen molar-refractivity contribution < 1.29 is 14.3 Å². The van der Waals surface area contributed by atoms with Crippen LogP contribution in [0.1, 0.15) is 53.9 Å². The van der Waals surface area contributed by atoms with Crippen LogP contribution in [-0.2, 0) is 11.2 Å². The Kier molecular flexibility index (Phi) is 7.45. The van der Waals surface area contributed by atoms with Crippen LogP contribution in [0.25, 0.3) is 0 Å². The second-order valence-electron chi connectivity index (χ2n) is 8.21. The van der Waals surface area contributed by atoms with Crippen molar-refractivity contribution in [3.63, 3.8) is 0 Å². The van der Waals surface area contributed by atoms with Crippen molar-refractivity contribution in [2.45, 2.75) is 44.9 Å². The van der Waals surface area contributed by atoms with Crippen LogP contribution in [0.5, 0.6) is 5.88 Å². The number of hydrogen-bond acceptors (Lipinski definition) is 7. The summed E-state index contributed by atoms with van der Waals surface area (Å²) in [6.45, 7) is 2.73. The first-order valence-corrected chi connectivity index (χ1v) is 12.0. The maximum atomic E-state index is 12.9. The van der Waals surface area contributed by atoms with E-state index in [0.29, 0.717) is 44.2 Å². The zero-order valence-corrected chi connectivity index (χ0v) is 18.6. The van der Waals surface area contributed by atoms with E-state index in [1.807, 2.05) is 0 Å². The molecule has 0 aromatic carbocycles. The quantitative estimate of drug-likeness (QED) is 0.654. The highest BCUT2D eigenvalue weighted by molar-refractivity contribution is 7.09. The maximum Gasteiger partial charge on any atom is 0.254 e. The van der Waals surface area contributed by atoms with Crippen LogP contribution in [-0.4, -0.2) is 69.6 Å². The Hall–Kier alpha value is -2.55. The summed E-state index contributed by atoms with van der Waals surface area (Å²) in [5.41, 5.74) is 2.21. The average molecular weight is 444 g/mol. The van der Waals surface area contributed by atoms with Gasteiger partial charge in [0.25, 0.3) is 5.91 Å². The van der Waals surface area contributed by atoms with E-state index in [2.05, 4.69) is 15.2 Å². The fraction of sp³-hybridized carbons (Fsp3) is 0.591. The largest absolute Gasteiger partial charge is 0.478 e. The predicted octanol–water partition coefficient (Wildman–Crippen LogP) is 2.81. The summed E-state index contributed by atoms with van der Waals surface area (Å²) >= 11 is 1.38. The number of rotatable bonds is 7. The summed E-state index contributed by atoms with van der Waals surface area (Å²) in [6.07, 6.45) is 9.55. The summed E-state index contributed by atoms with van der Waals surface area (Å²) in [7, 11) is 0. The number of hydrogen-bond donors (Lipinski definition) is 0. The lowest BCUT2D eigenvalue weighted by Gasteiger charge is -2.34. The summed E-state index contributed by atoms with van der Waals surface area (Å²) in [5.74, 6) is 1.24. The van der Waals surface area contributed by atoms with Crippen molar-refractivity contribution in [3.05, 3.63) is 34.4 Å².